The van der Waals surface area contributed by atoms with E-state index >= 15 is 0 Å². The Bertz CT molecular complexity index is 600. The molecule has 4 heteroatoms. The molecule has 2 aromatic rings. The van der Waals surface area contributed by atoms with Gasteiger partial charge in [-0.05, 0) is 54.3 Å². The Labute approximate surface area is 127 Å². The van der Waals surface area contributed by atoms with E-state index in [4.69, 9.17) is 34.8 Å². The van der Waals surface area contributed by atoms with Gasteiger partial charge in [-0.25, -0.2) is 4.39 Å². The lowest BCUT2D eigenvalue weighted by Crippen LogP contribution is -1.98. The van der Waals surface area contributed by atoms with E-state index < -0.39 is 5.38 Å². The van der Waals surface area contributed by atoms with Crippen LogP contribution in [0.3, 0.4) is 0 Å². The SMILES string of the molecule is Cc1cc(C(Cl)c2cc(Cl)ccc2Cl)cc(C)c1F. The molecule has 0 bridgehead atoms. The highest BCUT2D eigenvalue weighted by Gasteiger charge is 2.17. The second-order valence-corrected chi connectivity index (χ2v) is 5.78. The number of alkyl halides is 1. The zero-order valence-corrected chi connectivity index (χ0v) is 12.7. The second-order valence-electron chi connectivity index (χ2n) is 4.50. The third kappa shape index (κ3) is 3.05. The van der Waals surface area contributed by atoms with Crippen LogP contribution < -0.4 is 0 Å². The molecule has 0 heterocycles. The molecule has 0 aliphatic heterocycles. The normalized spacial score (nSPS) is 12.5. The lowest BCUT2D eigenvalue weighted by atomic mass is 9.99. The van der Waals surface area contributed by atoms with E-state index in [9.17, 15) is 4.39 Å². The van der Waals surface area contributed by atoms with Gasteiger partial charge in [-0.15, -0.1) is 11.6 Å². The number of hydrogen-bond donors (Lipinski definition) is 0. The Morgan fingerprint density at radius 1 is 1.00 bits per heavy atom. The monoisotopic (exact) mass is 316 g/mol. The Morgan fingerprint density at radius 2 is 1.58 bits per heavy atom. The third-order valence-corrected chi connectivity index (χ3v) is 4.05. The number of hydrogen-bond acceptors (Lipinski definition) is 0. The fourth-order valence-corrected chi connectivity index (χ4v) is 2.78. The molecule has 0 N–H and O–H groups in total. The predicted molar refractivity (Wildman–Crippen MR) is 80.0 cm³/mol. The highest BCUT2D eigenvalue weighted by Crippen LogP contribution is 2.36. The fraction of sp³-hybridized carbons (Fsp3) is 0.200. The Morgan fingerprint density at radius 3 is 2.16 bits per heavy atom. The van der Waals surface area contributed by atoms with Gasteiger partial charge in [0, 0.05) is 10.0 Å². The second kappa shape index (κ2) is 5.70. The van der Waals surface area contributed by atoms with Gasteiger partial charge in [0.15, 0.2) is 0 Å². The predicted octanol–water partition coefficient (Wildman–Crippen LogP) is 6.08. The molecule has 0 aliphatic rings. The average Bonchev–Trinajstić information content (AvgIpc) is 2.37. The largest absolute Gasteiger partial charge is 0.206 e. The van der Waals surface area contributed by atoms with Crippen LogP contribution in [0.1, 0.15) is 27.6 Å². The maximum atomic E-state index is 13.6. The summed E-state index contributed by atoms with van der Waals surface area (Å²) in [5.74, 6) is -0.204. The summed E-state index contributed by atoms with van der Waals surface area (Å²) in [7, 11) is 0. The van der Waals surface area contributed by atoms with Gasteiger partial charge < -0.3 is 0 Å². The summed E-state index contributed by atoms with van der Waals surface area (Å²) in [6.45, 7) is 3.43. The summed E-state index contributed by atoms with van der Waals surface area (Å²) in [6.07, 6.45) is 0. The van der Waals surface area contributed by atoms with Gasteiger partial charge in [-0.3, -0.25) is 0 Å². The summed E-state index contributed by atoms with van der Waals surface area (Å²) in [5.41, 5.74) is 2.67. The van der Waals surface area contributed by atoms with Crippen molar-refractivity contribution in [3.63, 3.8) is 0 Å². The Balaban J connectivity index is 2.49. The maximum Gasteiger partial charge on any atom is 0.129 e. The van der Waals surface area contributed by atoms with E-state index in [-0.39, 0.29) is 5.82 Å². The van der Waals surface area contributed by atoms with Crippen LogP contribution in [0, 0.1) is 19.7 Å². The fourth-order valence-electron chi connectivity index (χ4n) is 2.01. The number of aryl methyl sites for hydroxylation is 2. The lowest BCUT2D eigenvalue weighted by Gasteiger charge is -2.15. The number of benzene rings is 2. The highest BCUT2D eigenvalue weighted by molar-refractivity contribution is 6.35. The first-order chi connectivity index (χ1) is 8.90. The first kappa shape index (κ1) is 14.6. The molecule has 0 aliphatic carbocycles. The van der Waals surface area contributed by atoms with Gasteiger partial charge >= 0.3 is 0 Å². The van der Waals surface area contributed by atoms with Gasteiger partial charge in [-0.2, -0.15) is 0 Å². The van der Waals surface area contributed by atoms with Crippen LogP contribution in [0.25, 0.3) is 0 Å². The van der Waals surface area contributed by atoms with Gasteiger partial charge in [0.2, 0.25) is 0 Å². The zero-order chi connectivity index (χ0) is 14.2. The molecule has 0 saturated carbocycles. The van der Waals surface area contributed by atoms with Gasteiger partial charge in [0.05, 0.1) is 5.38 Å². The van der Waals surface area contributed by atoms with Crippen LogP contribution in [0.4, 0.5) is 4.39 Å². The average molecular weight is 318 g/mol. The van der Waals surface area contributed by atoms with E-state index in [1.54, 1.807) is 44.2 Å². The molecular weight excluding hydrogens is 306 g/mol. The highest BCUT2D eigenvalue weighted by atomic mass is 35.5. The molecule has 0 saturated heterocycles. The molecule has 0 amide bonds. The minimum Gasteiger partial charge on any atom is -0.206 e. The van der Waals surface area contributed by atoms with Crippen molar-refractivity contribution in [3.05, 3.63) is 68.4 Å². The number of halogens is 4. The van der Waals surface area contributed by atoms with E-state index in [1.165, 1.54) is 0 Å². The van der Waals surface area contributed by atoms with Crippen molar-refractivity contribution in [1.82, 2.24) is 0 Å². The topological polar surface area (TPSA) is 0 Å². The molecule has 0 nitrogen and oxygen atoms in total. The van der Waals surface area contributed by atoms with E-state index in [1.807, 2.05) is 0 Å². The minimum atomic E-state index is -0.454. The van der Waals surface area contributed by atoms with E-state index in [0.717, 1.165) is 11.1 Å². The van der Waals surface area contributed by atoms with Gasteiger partial charge in [0.25, 0.3) is 0 Å². The summed E-state index contributed by atoms with van der Waals surface area (Å²) in [4.78, 5) is 0. The summed E-state index contributed by atoms with van der Waals surface area (Å²) < 4.78 is 13.6. The van der Waals surface area contributed by atoms with Crippen LogP contribution in [-0.4, -0.2) is 0 Å². The molecule has 1 atom stereocenters. The third-order valence-electron chi connectivity index (χ3n) is 2.98. The minimum absolute atomic E-state index is 0.204. The first-order valence-corrected chi connectivity index (χ1v) is 6.95. The molecule has 2 rings (SSSR count). The molecule has 100 valence electrons. The van der Waals surface area contributed by atoms with Gasteiger partial charge in [0.1, 0.15) is 5.82 Å². The smallest absolute Gasteiger partial charge is 0.129 e. The summed E-state index contributed by atoms with van der Waals surface area (Å²) in [5, 5.41) is 0.661. The Kier molecular flexibility index (Phi) is 4.39. The molecule has 2 aromatic carbocycles. The summed E-state index contributed by atoms with van der Waals surface area (Å²) >= 11 is 18.5. The van der Waals surface area contributed by atoms with Crippen molar-refractivity contribution in [3.8, 4) is 0 Å². The van der Waals surface area contributed by atoms with Crippen molar-refractivity contribution in [1.29, 1.82) is 0 Å². The molecule has 0 radical (unpaired) electrons. The van der Waals surface area contributed by atoms with Crippen molar-refractivity contribution in [2.24, 2.45) is 0 Å². The Hall–Kier alpha value is -0.760. The van der Waals surface area contributed by atoms with Crippen molar-refractivity contribution in [2.45, 2.75) is 19.2 Å². The summed E-state index contributed by atoms with van der Waals surface area (Å²) in [6, 6.07) is 8.61. The van der Waals surface area contributed by atoms with Crippen LogP contribution >= 0.6 is 34.8 Å². The van der Waals surface area contributed by atoms with Crippen LogP contribution in [0.15, 0.2) is 30.3 Å². The quantitative estimate of drug-likeness (QED) is 0.589. The van der Waals surface area contributed by atoms with Crippen molar-refractivity contribution >= 4 is 34.8 Å². The van der Waals surface area contributed by atoms with Crippen molar-refractivity contribution in [2.75, 3.05) is 0 Å². The molecule has 0 spiro atoms. The van der Waals surface area contributed by atoms with Crippen LogP contribution in [-0.2, 0) is 0 Å². The van der Waals surface area contributed by atoms with Crippen molar-refractivity contribution < 1.29 is 4.39 Å². The van der Waals surface area contributed by atoms with Gasteiger partial charge in [-0.1, -0.05) is 35.3 Å². The zero-order valence-electron chi connectivity index (χ0n) is 10.5. The molecule has 1 unspecified atom stereocenters. The van der Waals surface area contributed by atoms with E-state index in [2.05, 4.69) is 0 Å². The van der Waals surface area contributed by atoms with E-state index in [0.29, 0.717) is 21.2 Å². The lowest BCUT2D eigenvalue weighted by molar-refractivity contribution is 0.608. The molecular formula is C15H12Cl3F. The van der Waals surface area contributed by atoms with Crippen LogP contribution in [0.5, 0.6) is 0 Å². The molecule has 19 heavy (non-hydrogen) atoms. The standard InChI is InChI=1S/C15H12Cl3F/c1-8-5-10(6-9(2)15(8)19)14(18)12-7-11(16)3-4-13(12)17/h3-7,14H,1-2H3. The maximum absolute atomic E-state index is 13.6. The molecule has 0 fully saturated rings. The number of rotatable bonds is 2. The van der Waals surface area contributed by atoms with Crippen LogP contribution in [0.2, 0.25) is 10.0 Å². The first-order valence-electron chi connectivity index (χ1n) is 5.76. The molecule has 0 aromatic heterocycles.